The minimum absolute atomic E-state index is 0.00825. The van der Waals surface area contributed by atoms with Crippen molar-refractivity contribution in [2.45, 2.75) is 6.61 Å². The number of rotatable bonds is 4. The molecule has 1 fully saturated rings. The van der Waals surface area contributed by atoms with Crippen LogP contribution in [0.1, 0.15) is 5.56 Å². The lowest BCUT2D eigenvalue weighted by Gasteiger charge is -2.38. The van der Waals surface area contributed by atoms with Gasteiger partial charge in [-0.15, -0.1) is 0 Å². The van der Waals surface area contributed by atoms with Crippen molar-refractivity contribution in [3.05, 3.63) is 66.2 Å². The molecule has 1 heterocycles. The SMILES string of the molecule is O=C(OCc1ccccc1)N1CC(C(=O)N(I)c2ccccc2)C1. The van der Waals surface area contributed by atoms with E-state index in [0.717, 1.165) is 11.3 Å². The molecule has 1 saturated heterocycles. The van der Waals surface area contributed by atoms with Crippen molar-refractivity contribution >= 4 is 40.6 Å². The molecule has 0 N–H and O–H groups in total. The first-order valence-corrected chi connectivity index (χ1v) is 8.62. The van der Waals surface area contributed by atoms with Crippen LogP contribution in [0, 0.1) is 5.92 Å². The second-order valence-electron chi connectivity index (χ2n) is 5.60. The lowest BCUT2D eigenvalue weighted by Crippen LogP contribution is -2.55. The van der Waals surface area contributed by atoms with Gasteiger partial charge in [0.05, 0.1) is 34.5 Å². The van der Waals surface area contributed by atoms with E-state index in [9.17, 15) is 9.59 Å². The maximum Gasteiger partial charge on any atom is 0.410 e. The third-order valence-electron chi connectivity index (χ3n) is 3.87. The number of hydrogen-bond acceptors (Lipinski definition) is 3. The van der Waals surface area contributed by atoms with E-state index in [1.54, 1.807) is 8.01 Å². The van der Waals surface area contributed by atoms with Crippen LogP contribution in [0.15, 0.2) is 60.7 Å². The molecule has 6 heteroatoms. The summed E-state index contributed by atoms with van der Waals surface area (Å²) in [7, 11) is 0. The Morgan fingerprint density at radius 2 is 1.62 bits per heavy atom. The van der Waals surface area contributed by atoms with Crippen LogP contribution < -0.4 is 3.11 Å². The fourth-order valence-corrected chi connectivity index (χ4v) is 3.16. The highest BCUT2D eigenvalue weighted by molar-refractivity contribution is 14.1. The quantitative estimate of drug-likeness (QED) is 0.544. The van der Waals surface area contributed by atoms with E-state index in [1.807, 2.05) is 83.5 Å². The Hall–Kier alpha value is -2.09. The maximum absolute atomic E-state index is 12.4. The normalized spacial score (nSPS) is 14.0. The number of hydrogen-bond donors (Lipinski definition) is 0. The second-order valence-corrected chi connectivity index (χ2v) is 6.56. The van der Waals surface area contributed by atoms with E-state index < -0.39 is 0 Å². The molecule has 124 valence electrons. The first-order valence-electron chi connectivity index (χ1n) is 7.65. The Bertz CT molecular complexity index is 703. The van der Waals surface area contributed by atoms with Crippen molar-refractivity contribution in [1.29, 1.82) is 0 Å². The van der Waals surface area contributed by atoms with Crippen molar-refractivity contribution in [2.75, 3.05) is 16.2 Å². The molecule has 0 spiro atoms. The van der Waals surface area contributed by atoms with Crippen LogP contribution in [0.4, 0.5) is 10.5 Å². The van der Waals surface area contributed by atoms with Gasteiger partial charge < -0.3 is 9.64 Å². The van der Waals surface area contributed by atoms with E-state index in [4.69, 9.17) is 4.74 Å². The van der Waals surface area contributed by atoms with Crippen LogP contribution in [0.25, 0.3) is 0 Å². The first kappa shape index (κ1) is 16.8. The third-order valence-corrected chi connectivity index (χ3v) is 4.90. The number of ether oxygens (including phenoxy) is 1. The van der Waals surface area contributed by atoms with Crippen LogP contribution in [0.5, 0.6) is 0 Å². The van der Waals surface area contributed by atoms with Crippen LogP contribution >= 0.6 is 22.9 Å². The number of anilines is 1. The van der Waals surface area contributed by atoms with Gasteiger partial charge in [0.15, 0.2) is 0 Å². The predicted molar refractivity (Wildman–Crippen MR) is 99.6 cm³/mol. The van der Waals surface area contributed by atoms with Crippen LogP contribution in [-0.4, -0.2) is 30.0 Å². The third kappa shape index (κ3) is 3.87. The number of halogens is 1. The molecular formula is C18H17IN2O3. The zero-order valence-electron chi connectivity index (χ0n) is 13.0. The number of benzene rings is 2. The van der Waals surface area contributed by atoms with E-state index in [-0.39, 0.29) is 24.5 Å². The molecule has 2 aromatic carbocycles. The molecule has 0 radical (unpaired) electrons. The van der Waals surface area contributed by atoms with E-state index in [2.05, 4.69) is 0 Å². The van der Waals surface area contributed by atoms with E-state index in [1.165, 1.54) is 0 Å². The molecule has 1 aliphatic heterocycles. The zero-order valence-corrected chi connectivity index (χ0v) is 15.1. The molecule has 0 saturated carbocycles. The number of carbonyl (C=O) groups excluding carboxylic acids is 2. The first-order chi connectivity index (χ1) is 11.6. The highest BCUT2D eigenvalue weighted by Gasteiger charge is 2.38. The van der Waals surface area contributed by atoms with Gasteiger partial charge in [0, 0.05) is 13.1 Å². The van der Waals surface area contributed by atoms with Gasteiger partial charge in [0.2, 0.25) is 5.91 Å². The van der Waals surface area contributed by atoms with Crippen molar-refractivity contribution in [1.82, 2.24) is 4.90 Å². The van der Waals surface area contributed by atoms with Gasteiger partial charge in [0.25, 0.3) is 0 Å². The molecular weight excluding hydrogens is 419 g/mol. The molecule has 3 rings (SSSR count). The molecule has 0 unspecified atom stereocenters. The summed E-state index contributed by atoms with van der Waals surface area (Å²) in [5.41, 5.74) is 1.79. The largest absolute Gasteiger partial charge is 0.445 e. The lowest BCUT2D eigenvalue weighted by atomic mass is 10.00. The maximum atomic E-state index is 12.4. The number of amides is 2. The second kappa shape index (κ2) is 7.65. The number of likely N-dealkylation sites (tertiary alicyclic amines) is 1. The highest BCUT2D eigenvalue weighted by Crippen LogP contribution is 2.25. The monoisotopic (exact) mass is 436 g/mol. The van der Waals surface area contributed by atoms with Gasteiger partial charge >= 0.3 is 6.09 Å². The van der Waals surface area contributed by atoms with Crippen LogP contribution in [0.3, 0.4) is 0 Å². The summed E-state index contributed by atoms with van der Waals surface area (Å²) in [4.78, 5) is 26.0. The lowest BCUT2D eigenvalue weighted by molar-refractivity contribution is -0.125. The fourth-order valence-electron chi connectivity index (χ4n) is 2.44. The summed E-state index contributed by atoms with van der Waals surface area (Å²) in [5.74, 6) is -0.166. The summed E-state index contributed by atoms with van der Waals surface area (Å²) in [6.07, 6.45) is -0.373. The summed E-state index contributed by atoms with van der Waals surface area (Å²) in [6, 6.07) is 19.0. The zero-order chi connectivity index (χ0) is 16.9. The summed E-state index contributed by atoms with van der Waals surface area (Å²) >= 11 is 2.00. The number of nitrogens with zero attached hydrogens (tertiary/aromatic N) is 2. The van der Waals surface area contributed by atoms with Crippen molar-refractivity contribution < 1.29 is 14.3 Å². The van der Waals surface area contributed by atoms with Crippen LogP contribution in [0.2, 0.25) is 0 Å². The standard InChI is InChI=1S/C18H17IN2O3/c19-21(16-9-5-2-6-10-16)17(22)15-11-20(12-15)18(23)24-13-14-7-3-1-4-8-14/h1-10,15H,11-13H2. The Morgan fingerprint density at radius 1 is 1.04 bits per heavy atom. The molecule has 2 amide bonds. The Labute approximate surface area is 154 Å². The van der Waals surface area contributed by atoms with Gasteiger partial charge in [-0.05, 0) is 17.7 Å². The summed E-state index contributed by atoms with van der Waals surface area (Å²) < 4.78 is 6.87. The molecule has 5 nitrogen and oxygen atoms in total. The number of carbonyl (C=O) groups is 2. The molecule has 24 heavy (non-hydrogen) atoms. The Morgan fingerprint density at radius 3 is 2.25 bits per heavy atom. The van der Waals surface area contributed by atoms with Gasteiger partial charge in [-0.1, -0.05) is 48.5 Å². The Kier molecular flexibility index (Phi) is 5.34. The van der Waals surface area contributed by atoms with Gasteiger partial charge in [-0.2, -0.15) is 0 Å². The molecule has 0 aromatic heterocycles. The average Bonchev–Trinajstić information content (AvgIpc) is 2.59. The fraction of sp³-hybridized carbons (Fsp3) is 0.222. The van der Waals surface area contributed by atoms with Crippen molar-refractivity contribution in [3.8, 4) is 0 Å². The minimum Gasteiger partial charge on any atom is -0.445 e. The number of para-hydroxylation sites is 1. The molecule has 1 aliphatic rings. The predicted octanol–water partition coefficient (Wildman–Crippen LogP) is 3.64. The smallest absolute Gasteiger partial charge is 0.410 e. The van der Waals surface area contributed by atoms with E-state index >= 15 is 0 Å². The molecule has 0 bridgehead atoms. The van der Waals surface area contributed by atoms with Gasteiger partial charge in [-0.25, -0.2) is 4.79 Å². The molecule has 0 atom stereocenters. The summed E-state index contributed by atoms with van der Waals surface area (Å²) in [6.45, 7) is 1.05. The van der Waals surface area contributed by atoms with Crippen molar-refractivity contribution in [2.24, 2.45) is 5.92 Å². The molecule has 2 aromatic rings. The molecule has 0 aliphatic carbocycles. The van der Waals surface area contributed by atoms with Crippen LogP contribution in [-0.2, 0) is 16.1 Å². The summed E-state index contributed by atoms with van der Waals surface area (Å²) in [5, 5.41) is 0. The van der Waals surface area contributed by atoms with Crippen molar-refractivity contribution in [3.63, 3.8) is 0 Å². The van der Waals surface area contributed by atoms with Gasteiger partial charge in [0.1, 0.15) is 6.61 Å². The van der Waals surface area contributed by atoms with E-state index in [0.29, 0.717) is 13.1 Å². The average molecular weight is 436 g/mol. The van der Waals surface area contributed by atoms with Gasteiger partial charge in [-0.3, -0.25) is 7.91 Å². The minimum atomic E-state index is -0.373. The Balaban J connectivity index is 1.46. The topological polar surface area (TPSA) is 49.9 Å². The highest BCUT2D eigenvalue weighted by atomic mass is 127.